The number of fused-ring (bicyclic) bond motifs is 1. The van der Waals surface area contributed by atoms with E-state index in [9.17, 15) is 0 Å². The molecule has 3 aromatic rings. The van der Waals surface area contributed by atoms with E-state index in [4.69, 9.17) is 22.2 Å². The topological polar surface area (TPSA) is 53.7 Å². The Hall–Kier alpha value is -2.58. The van der Waals surface area contributed by atoms with Gasteiger partial charge in [-0.1, -0.05) is 6.07 Å². The Morgan fingerprint density at radius 1 is 1.29 bits per heavy atom. The number of nitrogens with zero attached hydrogens (tertiary/aromatic N) is 2. The first-order chi connectivity index (χ1) is 10.2. The molecule has 0 radical (unpaired) electrons. The molecule has 104 valence electrons. The van der Waals surface area contributed by atoms with E-state index in [0.29, 0.717) is 16.9 Å². The lowest BCUT2D eigenvalue weighted by Crippen LogP contribution is -1.96. The number of aromatic nitrogens is 2. The third-order valence-electron chi connectivity index (χ3n) is 3.20. The van der Waals surface area contributed by atoms with Gasteiger partial charge in [0.15, 0.2) is 4.77 Å². The monoisotopic (exact) mass is 295 g/mol. The van der Waals surface area contributed by atoms with Gasteiger partial charge in [0.05, 0.1) is 35.0 Å². The van der Waals surface area contributed by atoms with Crippen LogP contribution in [-0.4, -0.2) is 16.2 Å². The minimum atomic E-state index is 0.591. The number of nitrogens with one attached hydrogen (secondary N) is 1. The van der Waals surface area contributed by atoms with Crippen molar-refractivity contribution in [3.8, 4) is 17.5 Å². The lowest BCUT2D eigenvalue weighted by atomic mass is 10.2. The summed E-state index contributed by atoms with van der Waals surface area (Å²) in [7, 11) is 0. The number of nitriles is 1. The van der Waals surface area contributed by atoms with Gasteiger partial charge in [-0.15, -0.1) is 0 Å². The molecule has 4 nitrogen and oxygen atoms in total. The molecule has 1 N–H and O–H groups in total. The summed E-state index contributed by atoms with van der Waals surface area (Å²) in [6.45, 7) is 2.56. The summed E-state index contributed by atoms with van der Waals surface area (Å²) in [6, 6.07) is 15.4. The van der Waals surface area contributed by atoms with Crippen LogP contribution < -0.4 is 4.74 Å². The SMILES string of the molecule is CCOc1cccc(-n2c(=S)[nH]c3ccc(C#N)cc32)c1. The van der Waals surface area contributed by atoms with Crippen LogP contribution in [-0.2, 0) is 0 Å². The lowest BCUT2D eigenvalue weighted by molar-refractivity contribution is 0.340. The van der Waals surface area contributed by atoms with Crippen molar-refractivity contribution in [2.24, 2.45) is 0 Å². The van der Waals surface area contributed by atoms with Gasteiger partial charge < -0.3 is 9.72 Å². The van der Waals surface area contributed by atoms with E-state index in [0.717, 1.165) is 22.5 Å². The molecule has 1 aromatic heterocycles. The highest BCUT2D eigenvalue weighted by atomic mass is 32.1. The Morgan fingerprint density at radius 3 is 2.90 bits per heavy atom. The Labute approximate surface area is 127 Å². The number of hydrogen-bond acceptors (Lipinski definition) is 3. The van der Waals surface area contributed by atoms with E-state index < -0.39 is 0 Å². The summed E-state index contributed by atoms with van der Waals surface area (Å²) < 4.78 is 8.03. The predicted molar refractivity (Wildman–Crippen MR) is 84.3 cm³/mol. The van der Waals surface area contributed by atoms with Gasteiger partial charge in [-0.05, 0) is 49.5 Å². The molecule has 0 saturated heterocycles. The Balaban J connectivity index is 2.24. The maximum atomic E-state index is 9.06. The fourth-order valence-electron chi connectivity index (χ4n) is 2.31. The molecule has 0 saturated carbocycles. The first-order valence-corrected chi connectivity index (χ1v) is 7.02. The summed E-state index contributed by atoms with van der Waals surface area (Å²) in [5, 5.41) is 9.06. The van der Waals surface area contributed by atoms with Crippen LogP contribution in [0.15, 0.2) is 42.5 Å². The fraction of sp³-hybridized carbons (Fsp3) is 0.125. The van der Waals surface area contributed by atoms with E-state index in [1.165, 1.54) is 0 Å². The van der Waals surface area contributed by atoms with Crippen molar-refractivity contribution >= 4 is 23.3 Å². The molecule has 0 aliphatic carbocycles. The molecule has 2 aromatic carbocycles. The van der Waals surface area contributed by atoms with Crippen molar-refractivity contribution in [2.45, 2.75) is 6.92 Å². The van der Waals surface area contributed by atoms with Gasteiger partial charge in [-0.25, -0.2) is 0 Å². The second-order valence-corrected chi connectivity index (χ2v) is 4.93. The van der Waals surface area contributed by atoms with Crippen LogP contribution in [0.25, 0.3) is 16.7 Å². The average Bonchev–Trinajstić information content (AvgIpc) is 2.82. The maximum Gasteiger partial charge on any atom is 0.182 e. The molecule has 3 rings (SSSR count). The zero-order valence-electron chi connectivity index (χ0n) is 11.5. The summed E-state index contributed by atoms with van der Waals surface area (Å²) in [5.41, 5.74) is 3.30. The molecule has 0 aliphatic heterocycles. The van der Waals surface area contributed by atoms with Crippen LogP contribution in [0.4, 0.5) is 0 Å². The smallest absolute Gasteiger partial charge is 0.182 e. The molecule has 0 unspecified atom stereocenters. The highest BCUT2D eigenvalue weighted by molar-refractivity contribution is 7.71. The summed E-state index contributed by atoms with van der Waals surface area (Å²) >= 11 is 5.41. The average molecular weight is 295 g/mol. The van der Waals surface area contributed by atoms with Gasteiger partial charge in [0, 0.05) is 6.07 Å². The van der Waals surface area contributed by atoms with E-state index in [1.807, 2.05) is 47.9 Å². The van der Waals surface area contributed by atoms with Crippen LogP contribution in [0.5, 0.6) is 5.75 Å². The summed E-state index contributed by atoms with van der Waals surface area (Å²) in [6.07, 6.45) is 0. The van der Waals surface area contributed by atoms with Gasteiger partial charge in [-0.3, -0.25) is 4.57 Å². The molecular formula is C16H13N3OS. The van der Waals surface area contributed by atoms with Crippen molar-refractivity contribution < 1.29 is 4.74 Å². The predicted octanol–water partition coefficient (Wildman–Crippen LogP) is 3.96. The minimum Gasteiger partial charge on any atom is -0.494 e. The number of imidazole rings is 1. The van der Waals surface area contributed by atoms with Crippen LogP contribution >= 0.6 is 12.2 Å². The lowest BCUT2D eigenvalue weighted by Gasteiger charge is -2.08. The number of aromatic amines is 1. The fourth-order valence-corrected chi connectivity index (χ4v) is 2.62. The van der Waals surface area contributed by atoms with Gasteiger partial charge in [0.25, 0.3) is 0 Å². The summed E-state index contributed by atoms with van der Waals surface area (Å²) in [5.74, 6) is 0.794. The molecular weight excluding hydrogens is 282 g/mol. The third kappa shape index (κ3) is 2.41. The molecule has 1 heterocycles. The number of H-pyrrole nitrogens is 1. The largest absolute Gasteiger partial charge is 0.494 e. The van der Waals surface area contributed by atoms with Crippen LogP contribution in [0.3, 0.4) is 0 Å². The van der Waals surface area contributed by atoms with E-state index in [2.05, 4.69) is 11.1 Å². The van der Waals surface area contributed by atoms with Crippen LogP contribution in [0, 0.1) is 16.1 Å². The van der Waals surface area contributed by atoms with Crippen LogP contribution in [0.2, 0.25) is 0 Å². The Kier molecular flexibility index (Phi) is 3.46. The molecule has 5 heteroatoms. The van der Waals surface area contributed by atoms with Crippen LogP contribution in [0.1, 0.15) is 12.5 Å². The van der Waals surface area contributed by atoms with Gasteiger partial charge in [-0.2, -0.15) is 5.26 Å². The molecule has 0 atom stereocenters. The van der Waals surface area contributed by atoms with Crippen molar-refractivity contribution in [2.75, 3.05) is 6.61 Å². The van der Waals surface area contributed by atoms with E-state index in [-0.39, 0.29) is 0 Å². The van der Waals surface area contributed by atoms with E-state index >= 15 is 0 Å². The standard InChI is InChI=1S/C16H13N3OS/c1-2-20-13-5-3-4-12(9-13)19-15-8-11(10-17)6-7-14(15)18-16(19)21/h3-9H,2H2,1H3,(H,18,21). The van der Waals surface area contributed by atoms with Gasteiger partial charge >= 0.3 is 0 Å². The Bertz CT molecular complexity index is 902. The third-order valence-corrected chi connectivity index (χ3v) is 3.48. The molecule has 0 aliphatic rings. The molecule has 21 heavy (non-hydrogen) atoms. The molecule has 0 spiro atoms. The van der Waals surface area contributed by atoms with Crippen molar-refractivity contribution in [3.63, 3.8) is 0 Å². The zero-order valence-corrected chi connectivity index (χ0v) is 12.3. The first kappa shape index (κ1) is 13.4. The number of rotatable bonds is 3. The maximum absolute atomic E-state index is 9.06. The summed E-state index contributed by atoms with van der Waals surface area (Å²) in [4.78, 5) is 3.16. The quantitative estimate of drug-likeness (QED) is 0.744. The highest BCUT2D eigenvalue weighted by Gasteiger charge is 2.08. The number of hydrogen-bond donors (Lipinski definition) is 1. The molecule has 0 fully saturated rings. The normalized spacial score (nSPS) is 10.5. The second kappa shape index (κ2) is 5.43. The van der Waals surface area contributed by atoms with Crippen molar-refractivity contribution in [1.29, 1.82) is 5.26 Å². The van der Waals surface area contributed by atoms with Crippen molar-refractivity contribution in [3.05, 3.63) is 52.8 Å². The minimum absolute atomic E-state index is 0.591. The van der Waals surface area contributed by atoms with E-state index in [1.54, 1.807) is 6.07 Å². The Morgan fingerprint density at radius 2 is 2.14 bits per heavy atom. The number of benzene rings is 2. The molecule has 0 bridgehead atoms. The zero-order chi connectivity index (χ0) is 14.8. The first-order valence-electron chi connectivity index (χ1n) is 6.61. The number of ether oxygens (including phenoxy) is 1. The second-order valence-electron chi connectivity index (χ2n) is 4.54. The van der Waals surface area contributed by atoms with Crippen molar-refractivity contribution in [1.82, 2.24) is 9.55 Å². The molecule has 0 amide bonds. The van der Waals surface area contributed by atoms with Gasteiger partial charge in [0.2, 0.25) is 0 Å². The van der Waals surface area contributed by atoms with Gasteiger partial charge in [0.1, 0.15) is 5.75 Å². The highest BCUT2D eigenvalue weighted by Crippen LogP contribution is 2.23.